The molecule has 0 radical (unpaired) electrons. The van der Waals surface area contributed by atoms with E-state index < -0.39 is 5.60 Å². The van der Waals surface area contributed by atoms with E-state index in [1.165, 1.54) is 0 Å². The number of allylic oxidation sites excluding steroid dienone is 1. The largest absolute Gasteiger partial charge is 0.508 e. The van der Waals surface area contributed by atoms with E-state index in [0.717, 1.165) is 16.5 Å². The van der Waals surface area contributed by atoms with Crippen LogP contribution in [0.1, 0.15) is 42.5 Å². The summed E-state index contributed by atoms with van der Waals surface area (Å²) in [6, 6.07) is 7.06. The molecule has 1 aromatic carbocycles. The summed E-state index contributed by atoms with van der Waals surface area (Å²) in [6.45, 7) is 7.60. The molecule has 4 rings (SSSR count). The van der Waals surface area contributed by atoms with Gasteiger partial charge in [-0.25, -0.2) is 4.98 Å². The molecule has 0 saturated heterocycles. The molecule has 3 heterocycles. The van der Waals surface area contributed by atoms with Crippen LogP contribution >= 0.6 is 0 Å². The van der Waals surface area contributed by atoms with Gasteiger partial charge in [0.25, 0.3) is 12.0 Å². The fourth-order valence-electron chi connectivity index (χ4n) is 4.18. The van der Waals surface area contributed by atoms with Crippen molar-refractivity contribution in [2.24, 2.45) is 0 Å². The normalized spacial score (nSPS) is 14.0. The van der Waals surface area contributed by atoms with E-state index in [2.05, 4.69) is 6.58 Å². The quantitative estimate of drug-likeness (QED) is 0.352. The van der Waals surface area contributed by atoms with Gasteiger partial charge in [0.05, 0.1) is 34.6 Å². The number of aromatic hydroxyl groups is 1. The van der Waals surface area contributed by atoms with Gasteiger partial charge in [-0.3, -0.25) is 9.59 Å². The fourth-order valence-corrected chi connectivity index (χ4v) is 4.18. The lowest BCUT2D eigenvalue weighted by Crippen LogP contribution is -2.31. The average Bonchev–Trinajstić information content (AvgIpc) is 3.11. The number of aliphatic hydroxyl groups is 1. The van der Waals surface area contributed by atoms with E-state index in [4.69, 9.17) is 9.72 Å². The lowest BCUT2D eigenvalue weighted by molar-refractivity contribution is -0.129. The monoisotopic (exact) mass is 420 g/mol. The minimum atomic E-state index is -1.27. The van der Waals surface area contributed by atoms with Gasteiger partial charge < -0.3 is 19.5 Å². The molecule has 0 amide bonds. The molecule has 0 fully saturated rings. The Labute approximate surface area is 179 Å². The molecule has 0 saturated carbocycles. The third kappa shape index (κ3) is 3.31. The third-order valence-electron chi connectivity index (χ3n) is 6.05. The van der Waals surface area contributed by atoms with Gasteiger partial charge in [0.1, 0.15) is 12.4 Å². The summed E-state index contributed by atoms with van der Waals surface area (Å²) in [5, 5.41) is 22.0. The predicted octanol–water partition coefficient (Wildman–Crippen LogP) is 3.15. The van der Waals surface area contributed by atoms with Crippen molar-refractivity contribution in [3.05, 3.63) is 69.5 Å². The second-order valence-electron chi connectivity index (χ2n) is 7.97. The van der Waals surface area contributed by atoms with E-state index in [-0.39, 0.29) is 23.5 Å². The van der Waals surface area contributed by atoms with Crippen LogP contribution in [-0.4, -0.2) is 26.2 Å². The van der Waals surface area contributed by atoms with Crippen LogP contribution in [-0.2, 0) is 34.7 Å². The number of phenolic OH excluding ortho intramolecular Hbond substituents is 1. The topological polar surface area (TPSA) is 102 Å². The van der Waals surface area contributed by atoms with Crippen LogP contribution < -0.4 is 5.56 Å². The molecule has 31 heavy (non-hydrogen) atoms. The van der Waals surface area contributed by atoms with Crippen molar-refractivity contribution >= 4 is 17.4 Å². The van der Waals surface area contributed by atoms with Crippen LogP contribution in [0.5, 0.6) is 5.75 Å². The molecule has 0 aliphatic carbocycles. The molecular weight excluding hydrogens is 396 g/mol. The van der Waals surface area contributed by atoms with Crippen molar-refractivity contribution in [1.82, 2.24) is 9.55 Å². The van der Waals surface area contributed by atoms with Crippen molar-refractivity contribution in [1.29, 1.82) is 0 Å². The highest BCUT2D eigenvalue weighted by Gasteiger charge is 2.32. The lowest BCUT2D eigenvalue weighted by Gasteiger charge is -2.25. The summed E-state index contributed by atoms with van der Waals surface area (Å²) in [5.41, 5.74) is 2.65. The predicted molar refractivity (Wildman–Crippen MR) is 117 cm³/mol. The van der Waals surface area contributed by atoms with Crippen LogP contribution in [0.15, 0.2) is 41.7 Å². The fraction of sp³-hybridized carbons (Fsp3) is 0.292. The summed E-state index contributed by atoms with van der Waals surface area (Å²) >= 11 is 0. The highest BCUT2D eigenvalue weighted by Crippen LogP contribution is 2.37. The van der Waals surface area contributed by atoms with Crippen LogP contribution in [0.4, 0.5) is 0 Å². The number of fused-ring (bicyclic) bond motifs is 4. The number of pyridine rings is 2. The Morgan fingerprint density at radius 1 is 1.32 bits per heavy atom. The molecule has 7 heteroatoms. The number of hydrogen-bond acceptors (Lipinski definition) is 6. The van der Waals surface area contributed by atoms with E-state index in [1.807, 2.05) is 13.0 Å². The lowest BCUT2D eigenvalue weighted by atomic mass is 9.89. The molecule has 1 aliphatic heterocycles. The molecule has 7 nitrogen and oxygen atoms in total. The summed E-state index contributed by atoms with van der Waals surface area (Å²) in [7, 11) is 0. The number of benzene rings is 1. The van der Waals surface area contributed by atoms with Crippen molar-refractivity contribution in [3.8, 4) is 17.1 Å². The van der Waals surface area contributed by atoms with E-state index in [9.17, 15) is 19.8 Å². The Morgan fingerprint density at radius 3 is 2.77 bits per heavy atom. The first-order valence-electron chi connectivity index (χ1n) is 10.1. The molecule has 2 N–H and O–H groups in total. The van der Waals surface area contributed by atoms with Gasteiger partial charge in [-0.1, -0.05) is 13.0 Å². The Hall–Kier alpha value is -3.45. The SMILES string of the molecule is C=CCc1c(O)ccc2nc3c(cc12)Cn1c-3cc(C(C)(O)CC)c(COC=O)c1=O. The number of aromatic nitrogens is 2. The van der Waals surface area contributed by atoms with Crippen molar-refractivity contribution in [3.63, 3.8) is 0 Å². The van der Waals surface area contributed by atoms with Crippen LogP contribution in [0, 0.1) is 0 Å². The van der Waals surface area contributed by atoms with Gasteiger partial charge in [-0.2, -0.15) is 0 Å². The maximum absolute atomic E-state index is 13.3. The zero-order valence-electron chi connectivity index (χ0n) is 17.5. The molecule has 0 spiro atoms. The second kappa shape index (κ2) is 7.67. The van der Waals surface area contributed by atoms with Crippen LogP contribution in [0.2, 0.25) is 0 Å². The third-order valence-corrected chi connectivity index (χ3v) is 6.05. The molecule has 3 aromatic rings. The first kappa shape index (κ1) is 20.8. The number of carbonyl (C=O) groups is 1. The van der Waals surface area contributed by atoms with E-state index in [0.29, 0.717) is 48.3 Å². The van der Waals surface area contributed by atoms with E-state index >= 15 is 0 Å². The number of phenols is 1. The smallest absolute Gasteiger partial charge is 0.293 e. The van der Waals surface area contributed by atoms with Gasteiger partial charge in [-0.15, -0.1) is 6.58 Å². The minimum absolute atomic E-state index is 0.177. The van der Waals surface area contributed by atoms with Gasteiger partial charge in [-0.05, 0) is 49.6 Å². The Balaban J connectivity index is 1.97. The Morgan fingerprint density at radius 2 is 2.10 bits per heavy atom. The maximum atomic E-state index is 13.3. The second-order valence-corrected chi connectivity index (χ2v) is 7.97. The zero-order valence-corrected chi connectivity index (χ0v) is 17.5. The summed E-state index contributed by atoms with van der Waals surface area (Å²) in [6.07, 6.45) is 2.60. The highest BCUT2D eigenvalue weighted by molar-refractivity contribution is 5.88. The molecule has 2 aromatic heterocycles. The molecule has 1 atom stereocenters. The zero-order chi connectivity index (χ0) is 22.3. The molecule has 0 bridgehead atoms. The number of hydrogen-bond donors (Lipinski definition) is 2. The first-order valence-corrected chi connectivity index (χ1v) is 10.1. The molecule has 160 valence electrons. The maximum Gasteiger partial charge on any atom is 0.293 e. The summed E-state index contributed by atoms with van der Waals surface area (Å²) in [4.78, 5) is 28.8. The number of ether oxygens (including phenoxy) is 1. The van der Waals surface area contributed by atoms with Crippen molar-refractivity contribution in [2.45, 2.75) is 45.4 Å². The van der Waals surface area contributed by atoms with Crippen molar-refractivity contribution in [2.75, 3.05) is 0 Å². The average molecular weight is 420 g/mol. The van der Waals surface area contributed by atoms with Crippen LogP contribution in [0.3, 0.4) is 0 Å². The number of nitrogens with zero attached hydrogens (tertiary/aromatic N) is 2. The molecular formula is C24H24N2O5. The standard InChI is InChI=1S/C24H24N2O5/c1-4-6-15-16-9-14-11-26-20(22(14)25-19(16)7-8-21(15)28)10-18(24(3,30)5-2)17(23(26)29)12-31-13-27/h4,7-10,13,28,30H,1,5-6,11-12H2,2-3H3. The highest BCUT2D eigenvalue weighted by atomic mass is 16.5. The Bertz CT molecular complexity index is 1270. The first-order chi connectivity index (χ1) is 14.8. The number of carbonyl (C=O) groups excluding carboxylic acids is 1. The van der Waals surface area contributed by atoms with Crippen molar-refractivity contribution < 1.29 is 19.7 Å². The Kier molecular flexibility index (Phi) is 5.15. The summed E-state index contributed by atoms with van der Waals surface area (Å²) in [5.74, 6) is 0.177. The van der Waals surface area contributed by atoms with Gasteiger partial charge in [0, 0.05) is 16.5 Å². The van der Waals surface area contributed by atoms with E-state index in [1.54, 1.807) is 35.8 Å². The number of rotatable bonds is 7. The van der Waals surface area contributed by atoms with Gasteiger partial charge >= 0.3 is 0 Å². The van der Waals surface area contributed by atoms with Gasteiger partial charge in [0.2, 0.25) is 0 Å². The van der Waals surface area contributed by atoms with Gasteiger partial charge in [0.15, 0.2) is 0 Å². The summed E-state index contributed by atoms with van der Waals surface area (Å²) < 4.78 is 6.46. The molecule has 1 unspecified atom stereocenters. The minimum Gasteiger partial charge on any atom is -0.508 e. The molecule has 1 aliphatic rings. The van der Waals surface area contributed by atoms with Crippen LogP contribution in [0.25, 0.3) is 22.3 Å².